The number of nitrogens with one attached hydrogen (secondary N) is 2. The van der Waals surface area contributed by atoms with Crippen molar-refractivity contribution in [2.75, 3.05) is 13.1 Å². The van der Waals surface area contributed by atoms with Crippen LogP contribution in [0.5, 0.6) is 0 Å². The monoisotopic (exact) mass is 384 g/mol. The fourth-order valence-electron chi connectivity index (χ4n) is 2.54. The number of guanidine groups is 1. The van der Waals surface area contributed by atoms with Crippen LogP contribution in [0.25, 0.3) is 11.3 Å². The van der Waals surface area contributed by atoms with Gasteiger partial charge in [0.25, 0.3) is 0 Å². The zero-order chi connectivity index (χ0) is 19.1. The van der Waals surface area contributed by atoms with E-state index in [0.29, 0.717) is 18.3 Å². The minimum atomic E-state index is -1.12. The molecule has 0 spiro atoms. The summed E-state index contributed by atoms with van der Waals surface area (Å²) in [7, 11) is 0. The lowest BCUT2D eigenvalue weighted by Crippen LogP contribution is -2.44. The number of hydrogen-bond donors (Lipinski definition) is 3. The average molecular weight is 385 g/mol. The summed E-state index contributed by atoms with van der Waals surface area (Å²) in [6, 6.07) is 13.6. The number of aromatic nitrogens is 1. The Labute approximate surface area is 163 Å². The van der Waals surface area contributed by atoms with E-state index in [4.69, 9.17) is 4.42 Å². The molecular formula is C20H24N4O2S. The molecule has 0 bridgehead atoms. The molecule has 7 heteroatoms. The van der Waals surface area contributed by atoms with Gasteiger partial charge in [-0.1, -0.05) is 30.3 Å². The second-order valence-corrected chi connectivity index (χ2v) is 7.24. The summed E-state index contributed by atoms with van der Waals surface area (Å²) in [5.74, 6) is 1.14. The van der Waals surface area contributed by atoms with E-state index in [-0.39, 0.29) is 6.54 Å². The molecule has 0 amide bonds. The number of benzene rings is 1. The SMILES string of the molecule is CCNC(=NCc1nc(-c2ccccc2)cs1)NCC(C)(O)c1ccco1. The van der Waals surface area contributed by atoms with Gasteiger partial charge in [-0.2, -0.15) is 0 Å². The summed E-state index contributed by atoms with van der Waals surface area (Å²) in [4.78, 5) is 9.23. The highest BCUT2D eigenvalue weighted by atomic mass is 32.1. The van der Waals surface area contributed by atoms with Crippen LogP contribution in [0.4, 0.5) is 0 Å². The molecule has 1 atom stereocenters. The van der Waals surface area contributed by atoms with E-state index < -0.39 is 5.60 Å². The van der Waals surface area contributed by atoms with Gasteiger partial charge in [-0.25, -0.2) is 9.98 Å². The lowest BCUT2D eigenvalue weighted by molar-refractivity contribution is 0.0386. The molecule has 0 fully saturated rings. The molecule has 6 nitrogen and oxygen atoms in total. The maximum Gasteiger partial charge on any atom is 0.191 e. The third-order valence-corrected chi connectivity index (χ3v) is 4.82. The van der Waals surface area contributed by atoms with Gasteiger partial charge >= 0.3 is 0 Å². The number of thiazole rings is 1. The highest BCUT2D eigenvalue weighted by Crippen LogP contribution is 2.22. The number of furan rings is 1. The van der Waals surface area contributed by atoms with Crippen LogP contribution in [0.1, 0.15) is 24.6 Å². The van der Waals surface area contributed by atoms with Crippen LogP contribution in [0, 0.1) is 0 Å². The largest absolute Gasteiger partial charge is 0.466 e. The maximum atomic E-state index is 10.6. The van der Waals surface area contributed by atoms with Crippen molar-refractivity contribution in [3.8, 4) is 11.3 Å². The van der Waals surface area contributed by atoms with Crippen molar-refractivity contribution in [1.29, 1.82) is 0 Å². The Bertz CT molecular complexity index is 857. The molecule has 3 N–H and O–H groups in total. The van der Waals surface area contributed by atoms with Crippen molar-refractivity contribution < 1.29 is 9.52 Å². The van der Waals surface area contributed by atoms with Gasteiger partial charge < -0.3 is 20.2 Å². The molecule has 0 radical (unpaired) electrons. The van der Waals surface area contributed by atoms with Gasteiger partial charge in [0, 0.05) is 17.5 Å². The number of hydrogen-bond acceptors (Lipinski definition) is 5. The van der Waals surface area contributed by atoms with E-state index in [9.17, 15) is 5.11 Å². The van der Waals surface area contributed by atoms with Crippen molar-refractivity contribution in [2.24, 2.45) is 4.99 Å². The number of aliphatic imine (C=N–C) groups is 1. The predicted octanol–water partition coefficient (Wildman–Crippen LogP) is 3.37. The van der Waals surface area contributed by atoms with Gasteiger partial charge in [-0.3, -0.25) is 0 Å². The van der Waals surface area contributed by atoms with Crippen molar-refractivity contribution in [2.45, 2.75) is 26.0 Å². The molecule has 0 saturated carbocycles. The van der Waals surface area contributed by atoms with Crippen LogP contribution in [-0.2, 0) is 12.1 Å². The molecule has 142 valence electrons. The molecule has 3 rings (SSSR count). The van der Waals surface area contributed by atoms with E-state index in [1.165, 1.54) is 0 Å². The smallest absolute Gasteiger partial charge is 0.191 e. The summed E-state index contributed by atoms with van der Waals surface area (Å²) in [6.07, 6.45) is 1.55. The molecule has 0 aliphatic heterocycles. The lowest BCUT2D eigenvalue weighted by Gasteiger charge is -2.22. The molecule has 0 saturated heterocycles. The number of aliphatic hydroxyl groups is 1. The molecule has 27 heavy (non-hydrogen) atoms. The van der Waals surface area contributed by atoms with E-state index in [1.54, 1.807) is 36.7 Å². The second kappa shape index (κ2) is 8.83. The van der Waals surface area contributed by atoms with Gasteiger partial charge in [0.2, 0.25) is 0 Å². The first kappa shape index (κ1) is 19.1. The second-order valence-electron chi connectivity index (χ2n) is 6.29. The summed E-state index contributed by atoms with van der Waals surface area (Å²) in [6.45, 7) is 5.17. The Morgan fingerprint density at radius 2 is 2.04 bits per heavy atom. The molecule has 2 heterocycles. The summed E-state index contributed by atoms with van der Waals surface area (Å²) in [5, 5.41) is 19.9. The molecular weight excluding hydrogens is 360 g/mol. The molecule has 2 aromatic heterocycles. The predicted molar refractivity (Wildman–Crippen MR) is 109 cm³/mol. The van der Waals surface area contributed by atoms with Gasteiger partial charge in [-0.05, 0) is 26.0 Å². The van der Waals surface area contributed by atoms with E-state index >= 15 is 0 Å². The Balaban J connectivity index is 1.63. The Hall–Kier alpha value is -2.64. The zero-order valence-electron chi connectivity index (χ0n) is 15.5. The topological polar surface area (TPSA) is 82.7 Å². The minimum Gasteiger partial charge on any atom is -0.466 e. The van der Waals surface area contributed by atoms with Gasteiger partial charge in [0.15, 0.2) is 5.96 Å². The molecule has 1 aromatic carbocycles. The first-order chi connectivity index (χ1) is 13.1. The van der Waals surface area contributed by atoms with Crippen molar-refractivity contribution >= 4 is 17.3 Å². The fraction of sp³-hybridized carbons (Fsp3) is 0.300. The number of rotatable bonds is 7. The van der Waals surface area contributed by atoms with Crippen molar-refractivity contribution in [3.05, 3.63) is 64.9 Å². The molecule has 3 aromatic rings. The average Bonchev–Trinajstić information content (AvgIpc) is 3.37. The maximum absolute atomic E-state index is 10.6. The third kappa shape index (κ3) is 5.18. The Kier molecular flexibility index (Phi) is 6.26. The molecule has 0 aliphatic carbocycles. The lowest BCUT2D eigenvalue weighted by atomic mass is 10.0. The summed E-state index contributed by atoms with van der Waals surface area (Å²) in [5.41, 5.74) is 0.939. The van der Waals surface area contributed by atoms with Crippen molar-refractivity contribution in [1.82, 2.24) is 15.6 Å². The van der Waals surface area contributed by atoms with Gasteiger partial charge in [-0.15, -0.1) is 11.3 Å². The van der Waals surface area contributed by atoms with Gasteiger partial charge in [0.1, 0.15) is 16.4 Å². The van der Waals surface area contributed by atoms with Crippen molar-refractivity contribution in [3.63, 3.8) is 0 Å². The van der Waals surface area contributed by atoms with Crippen LogP contribution in [-0.4, -0.2) is 29.1 Å². The highest BCUT2D eigenvalue weighted by molar-refractivity contribution is 7.09. The normalized spacial score (nSPS) is 14.0. The standard InChI is InChI=1S/C20H24N4O2S/c1-3-21-19(23-14-20(2,25)17-10-7-11-26-17)22-12-18-24-16(13-27-18)15-8-5-4-6-9-15/h4-11,13,25H,3,12,14H2,1-2H3,(H2,21,22,23). The first-order valence-electron chi connectivity index (χ1n) is 8.87. The summed E-state index contributed by atoms with van der Waals surface area (Å²) >= 11 is 1.59. The zero-order valence-corrected chi connectivity index (χ0v) is 16.3. The molecule has 0 aliphatic rings. The number of nitrogens with zero attached hydrogens (tertiary/aromatic N) is 2. The molecule has 1 unspecified atom stereocenters. The fourth-order valence-corrected chi connectivity index (χ4v) is 3.27. The van der Waals surface area contributed by atoms with E-state index in [0.717, 1.165) is 22.8 Å². The third-order valence-electron chi connectivity index (χ3n) is 3.99. The van der Waals surface area contributed by atoms with Crippen LogP contribution < -0.4 is 10.6 Å². The first-order valence-corrected chi connectivity index (χ1v) is 9.75. The van der Waals surface area contributed by atoms with Gasteiger partial charge in [0.05, 0.1) is 25.0 Å². The quantitative estimate of drug-likeness (QED) is 0.430. The Morgan fingerprint density at radius 3 is 2.74 bits per heavy atom. The minimum absolute atomic E-state index is 0.277. The summed E-state index contributed by atoms with van der Waals surface area (Å²) < 4.78 is 5.31. The Morgan fingerprint density at radius 1 is 1.22 bits per heavy atom. The van der Waals surface area contributed by atoms with Crippen LogP contribution >= 0.6 is 11.3 Å². The van der Waals surface area contributed by atoms with Crippen LogP contribution in [0.2, 0.25) is 0 Å². The van der Waals surface area contributed by atoms with E-state index in [1.807, 2.05) is 42.6 Å². The highest BCUT2D eigenvalue weighted by Gasteiger charge is 2.26. The van der Waals surface area contributed by atoms with Crippen LogP contribution in [0.3, 0.4) is 0 Å². The van der Waals surface area contributed by atoms with E-state index in [2.05, 4.69) is 20.6 Å². The van der Waals surface area contributed by atoms with Crippen LogP contribution in [0.15, 0.2) is 63.5 Å².